The van der Waals surface area contributed by atoms with Gasteiger partial charge in [0.1, 0.15) is 12.4 Å². The summed E-state index contributed by atoms with van der Waals surface area (Å²) in [7, 11) is 0. The van der Waals surface area contributed by atoms with Crippen LogP contribution in [0.5, 0.6) is 0 Å². The summed E-state index contributed by atoms with van der Waals surface area (Å²) in [5.41, 5.74) is 0. The molecule has 1 aromatic heterocycles. The summed E-state index contributed by atoms with van der Waals surface area (Å²) in [6, 6.07) is 0. The highest BCUT2D eigenvalue weighted by Crippen LogP contribution is 2.01. The second-order valence-electron chi connectivity index (χ2n) is 3.15. The fraction of sp³-hybridized carbons (Fsp3) is 0.667. The molecule has 15 heavy (non-hydrogen) atoms. The molecule has 86 valence electrons. The third-order valence-electron chi connectivity index (χ3n) is 1.82. The van der Waals surface area contributed by atoms with Crippen LogP contribution in [0.25, 0.3) is 0 Å². The van der Waals surface area contributed by atoms with Crippen LogP contribution in [0.2, 0.25) is 0 Å². The van der Waals surface area contributed by atoms with Crippen molar-refractivity contribution in [3.63, 3.8) is 0 Å². The minimum absolute atomic E-state index is 0.131. The average molecular weight is 220 g/mol. The van der Waals surface area contributed by atoms with Gasteiger partial charge in [0.2, 0.25) is 0 Å². The number of alkyl halides is 2. The first-order valence-electron chi connectivity index (χ1n) is 4.70. The fourth-order valence-electron chi connectivity index (χ4n) is 1.13. The maximum Gasteiger partial charge on any atom is 0.261 e. The molecule has 0 aliphatic carbocycles. The normalized spacial score (nSPS) is 13.3. The van der Waals surface area contributed by atoms with E-state index in [1.54, 1.807) is 12.4 Å². The van der Waals surface area contributed by atoms with Crippen molar-refractivity contribution >= 4 is 0 Å². The summed E-state index contributed by atoms with van der Waals surface area (Å²) in [6.07, 6.45) is 0.893. The molecule has 1 unspecified atom stereocenters. The lowest BCUT2D eigenvalue weighted by Gasteiger charge is -2.09. The van der Waals surface area contributed by atoms with Gasteiger partial charge in [-0.3, -0.25) is 0 Å². The maximum atomic E-state index is 11.7. The number of aromatic nitrogens is 2. The van der Waals surface area contributed by atoms with Gasteiger partial charge >= 0.3 is 0 Å². The Morgan fingerprint density at radius 2 is 2.33 bits per heavy atom. The highest BCUT2D eigenvalue weighted by Gasteiger charge is 2.08. The fourth-order valence-corrected chi connectivity index (χ4v) is 1.13. The van der Waals surface area contributed by atoms with Crippen molar-refractivity contribution in [2.45, 2.75) is 25.4 Å². The monoisotopic (exact) mass is 220 g/mol. The van der Waals surface area contributed by atoms with Gasteiger partial charge in [0, 0.05) is 25.4 Å². The molecule has 0 spiro atoms. The number of H-pyrrole nitrogens is 1. The molecule has 1 rings (SSSR count). The number of rotatable bonds is 7. The molecule has 0 radical (unpaired) electrons. The van der Waals surface area contributed by atoms with E-state index in [1.165, 1.54) is 0 Å². The van der Waals surface area contributed by atoms with E-state index in [0.717, 1.165) is 0 Å². The number of imidazole rings is 1. The number of aliphatic hydroxyl groups excluding tert-OH is 1. The molecule has 0 saturated carbocycles. The minimum Gasteiger partial charge on any atom is -0.393 e. The number of hydrogen-bond acceptors (Lipinski definition) is 3. The van der Waals surface area contributed by atoms with Crippen molar-refractivity contribution in [3.8, 4) is 0 Å². The molecule has 4 nitrogen and oxygen atoms in total. The highest BCUT2D eigenvalue weighted by molar-refractivity contribution is 4.88. The summed E-state index contributed by atoms with van der Waals surface area (Å²) in [5.74, 6) is 0.677. The van der Waals surface area contributed by atoms with E-state index in [0.29, 0.717) is 18.7 Å². The Kier molecular flexibility index (Phi) is 5.20. The lowest BCUT2D eigenvalue weighted by Crippen LogP contribution is -2.16. The molecule has 0 saturated heterocycles. The molecular weight excluding hydrogens is 206 g/mol. The Morgan fingerprint density at radius 3 is 2.93 bits per heavy atom. The number of halogens is 2. The van der Waals surface area contributed by atoms with Gasteiger partial charge in [-0.25, -0.2) is 13.8 Å². The standard InChI is InChI=1S/C9H14F2N2O2/c10-8(11)6-15-4-1-7(14)5-9-12-2-3-13-9/h2-3,7-8,14H,1,4-6H2,(H,12,13). The first-order chi connectivity index (χ1) is 7.18. The van der Waals surface area contributed by atoms with E-state index < -0.39 is 19.1 Å². The Balaban J connectivity index is 2.06. The lowest BCUT2D eigenvalue weighted by molar-refractivity contribution is 0.00496. The van der Waals surface area contributed by atoms with E-state index >= 15 is 0 Å². The average Bonchev–Trinajstić information content (AvgIpc) is 2.64. The first-order valence-corrected chi connectivity index (χ1v) is 4.70. The second-order valence-corrected chi connectivity index (χ2v) is 3.15. The van der Waals surface area contributed by atoms with Gasteiger partial charge in [-0.1, -0.05) is 0 Å². The number of aromatic amines is 1. The predicted octanol–water partition coefficient (Wildman–Crippen LogP) is 0.985. The van der Waals surface area contributed by atoms with Crippen LogP contribution in [0.4, 0.5) is 8.78 Å². The van der Waals surface area contributed by atoms with Crippen LogP contribution in [0.1, 0.15) is 12.2 Å². The largest absolute Gasteiger partial charge is 0.393 e. The van der Waals surface area contributed by atoms with Crippen LogP contribution in [0, 0.1) is 0 Å². The summed E-state index contributed by atoms with van der Waals surface area (Å²) < 4.78 is 28.0. The van der Waals surface area contributed by atoms with Gasteiger partial charge in [-0.2, -0.15) is 0 Å². The zero-order valence-electron chi connectivity index (χ0n) is 8.20. The Labute approximate surface area is 86.3 Å². The zero-order chi connectivity index (χ0) is 11.1. The van der Waals surface area contributed by atoms with Crippen molar-refractivity contribution in [1.82, 2.24) is 9.97 Å². The van der Waals surface area contributed by atoms with Crippen molar-refractivity contribution in [3.05, 3.63) is 18.2 Å². The second kappa shape index (κ2) is 6.47. The third kappa shape index (κ3) is 5.44. The Morgan fingerprint density at radius 1 is 1.53 bits per heavy atom. The Hall–Kier alpha value is -1.01. The summed E-state index contributed by atoms with van der Waals surface area (Å²) in [4.78, 5) is 6.78. The highest BCUT2D eigenvalue weighted by atomic mass is 19.3. The molecule has 0 fully saturated rings. The molecule has 0 amide bonds. The van der Waals surface area contributed by atoms with Gasteiger partial charge in [-0.05, 0) is 6.42 Å². The quantitative estimate of drug-likeness (QED) is 0.673. The molecule has 0 aliphatic heterocycles. The van der Waals surface area contributed by atoms with Gasteiger partial charge in [-0.15, -0.1) is 0 Å². The van der Waals surface area contributed by atoms with E-state index in [-0.39, 0.29) is 6.61 Å². The van der Waals surface area contributed by atoms with Gasteiger partial charge in [0.15, 0.2) is 0 Å². The van der Waals surface area contributed by atoms with Crippen molar-refractivity contribution in [1.29, 1.82) is 0 Å². The van der Waals surface area contributed by atoms with Gasteiger partial charge < -0.3 is 14.8 Å². The molecule has 1 atom stereocenters. The molecule has 0 bridgehead atoms. The van der Waals surface area contributed by atoms with Crippen molar-refractivity contribution in [2.75, 3.05) is 13.2 Å². The topological polar surface area (TPSA) is 58.1 Å². The van der Waals surface area contributed by atoms with E-state index in [1.807, 2.05) is 0 Å². The molecule has 1 heterocycles. The van der Waals surface area contributed by atoms with Gasteiger partial charge in [0.05, 0.1) is 6.10 Å². The number of ether oxygens (including phenoxy) is 1. The minimum atomic E-state index is -2.45. The van der Waals surface area contributed by atoms with E-state index in [2.05, 4.69) is 14.7 Å². The molecular formula is C9H14F2N2O2. The predicted molar refractivity (Wildman–Crippen MR) is 49.7 cm³/mol. The summed E-state index contributed by atoms with van der Waals surface area (Å²) >= 11 is 0. The van der Waals surface area contributed by atoms with E-state index in [9.17, 15) is 13.9 Å². The zero-order valence-corrected chi connectivity index (χ0v) is 8.20. The van der Waals surface area contributed by atoms with E-state index in [4.69, 9.17) is 0 Å². The first kappa shape index (κ1) is 12.1. The van der Waals surface area contributed by atoms with Gasteiger partial charge in [0.25, 0.3) is 6.43 Å². The third-order valence-corrected chi connectivity index (χ3v) is 1.82. The summed E-state index contributed by atoms with van der Waals surface area (Å²) in [6.45, 7) is -0.445. The SMILES string of the molecule is OC(CCOCC(F)F)Cc1ncc[nH]1. The molecule has 1 aromatic rings. The number of aliphatic hydroxyl groups is 1. The molecule has 0 aliphatic rings. The summed E-state index contributed by atoms with van der Waals surface area (Å²) in [5, 5.41) is 9.46. The molecule has 2 N–H and O–H groups in total. The number of nitrogens with one attached hydrogen (secondary N) is 1. The Bertz CT molecular complexity index is 255. The van der Waals surface area contributed by atoms with Crippen LogP contribution in [-0.4, -0.2) is 40.8 Å². The van der Waals surface area contributed by atoms with Crippen LogP contribution in [0.3, 0.4) is 0 Å². The molecule has 0 aromatic carbocycles. The smallest absolute Gasteiger partial charge is 0.261 e. The lowest BCUT2D eigenvalue weighted by atomic mass is 10.2. The number of nitrogens with zero attached hydrogens (tertiary/aromatic N) is 1. The van der Waals surface area contributed by atoms with Crippen molar-refractivity contribution < 1.29 is 18.6 Å². The van der Waals surface area contributed by atoms with Crippen LogP contribution in [0.15, 0.2) is 12.4 Å². The van der Waals surface area contributed by atoms with Crippen LogP contribution in [-0.2, 0) is 11.2 Å². The van der Waals surface area contributed by atoms with Crippen LogP contribution < -0.4 is 0 Å². The number of hydrogen-bond donors (Lipinski definition) is 2. The van der Waals surface area contributed by atoms with Crippen molar-refractivity contribution in [2.24, 2.45) is 0 Å². The molecule has 6 heteroatoms. The van der Waals surface area contributed by atoms with Crippen LogP contribution >= 0.6 is 0 Å². The maximum absolute atomic E-state index is 11.7.